The number of amides is 2. The predicted molar refractivity (Wildman–Crippen MR) is 84.3 cm³/mol. The molecule has 0 spiro atoms. The Morgan fingerprint density at radius 1 is 1.14 bits per heavy atom. The average molecular weight is 302 g/mol. The van der Waals surface area contributed by atoms with Crippen molar-refractivity contribution in [3.05, 3.63) is 65.0 Å². The van der Waals surface area contributed by atoms with E-state index >= 15 is 0 Å². The van der Waals surface area contributed by atoms with Gasteiger partial charge in [-0.05, 0) is 37.1 Å². The van der Waals surface area contributed by atoms with E-state index < -0.39 is 18.0 Å². The Labute approximate surface area is 129 Å². The van der Waals surface area contributed by atoms with Gasteiger partial charge in [0, 0.05) is 6.54 Å². The zero-order chi connectivity index (χ0) is 16.1. The Morgan fingerprint density at radius 3 is 2.45 bits per heavy atom. The molecule has 0 unspecified atom stereocenters. The number of aliphatic hydroxyl groups excluding tert-OH is 1. The van der Waals surface area contributed by atoms with Crippen molar-refractivity contribution in [3.63, 3.8) is 0 Å². The van der Waals surface area contributed by atoms with Crippen LogP contribution >= 0.6 is 0 Å². The fourth-order valence-electron chi connectivity index (χ4n) is 2.00. The van der Waals surface area contributed by atoms with Crippen molar-refractivity contribution in [1.29, 1.82) is 0 Å². The van der Waals surface area contributed by atoms with E-state index in [9.17, 15) is 14.3 Å². The summed E-state index contributed by atoms with van der Waals surface area (Å²) < 4.78 is 13.5. The maximum absolute atomic E-state index is 13.5. The fourth-order valence-corrected chi connectivity index (χ4v) is 2.00. The first-order valence-corrected chi connectivity index (χ1v) is 7.01. The minimum Gasteiger partial charge on any atom is -0.387 e. The predicted octanol–water partition coefficient (Wildman–Crippen LogP) is 3.30. The number of anilines is 1. The fraction of sp³-hybridized carbons (Fsp3) is 0.235. The molecule has 3 N–H and O–H groups in total. The molecule has 0 heterocycles. The van der Waals surface area contributed by atoms with Crippen LogP contribution in [0.3, 0.4) is 0 Å². The Hall–Kier alpha value is -2.40. The van der Waals surface area contributed by atoms with Gasteiger partial charge in [-0.2, -0.15) is 0 Å². The highest BCUT2D eigenvalue weighted by molar-refractivity contribution is 5.89. The number of aryl methyl sites for hydroxylation is 2. The van der Waals surface area contributed by atoms with E-state index in [1.807, 2.05) is 26.0 Å². The van der Waals surface area contributed by atoms with Gasteiger partial charge in [0.1, 0.15) is 5.82 Å². The second-order valence-corrected chi connectivity index (χ2v) is 5.24. The topological polar surface area (TPSA) is 61.4 Å². The number of nitrogens with one attached hydrogen (secondary N) is 2. The molecule has 0 radical (unpaired) electrons. The number of carbonyl (C=O) groups excluding carboxylic acids is 1. The number of benzene rings is 2. The minimum atomic E-state index is -0.811. The van der Waals surface area contributed by atoms with Crippen molar-refractivity contribution in [1.82, 2.24) is 5.32 Å². The first-order chi connectivity index (χ1) is 10.5. The molecular formula is C17H19FN2O2. The number of hydrogen-bond acceptors (Lipinski definition) is 2. The smallest absolute Gasteiger partial charge is 0.319 e. The molecule has 116 valence electrons. The van der Waals surface area contributed by atoms with Gasteiger partial charge in [-0.1, -0.05) is 35.9 Å². The van der Waals surface area contributed by atoms with E-state index in [2.05, 4.69) is 10.6 Å². The molecule has 0 bridgehead atoms. The van der Waals surface area contributed by atoms with Crippen molar-refractivity contribution >= 4 is 11.7 Å². The van der Waals surface area contributed by atoms with Gasteiger partial charge in [0.15, 0.2) is 0 Å². The van der Waals surface area contributed by atoms with Gasteiger partial charge in [-0.15, -0.1) is 0 Å². The molecule has 1 atom stereocenters. The maximum atomic E-state index is 13.5. The summed E-state index contributed by atoms with van der Waals surface area (Å²) in [4.78, 5) is 11.8. The molecule has 2 amide bonds. The average Bonchev–Trinajstić information content (AvgIpc) is 2.49. The molecule has 22 heavy (non-hydrogen) atoms. The Morgan fingerprint density at radius 2 is 1.77 bits per heavy atom. The van der Waals surface area contributed by atoms with Crippen LogP contribution < -0.4 is 10.6 Å². The van der Waals surface area contributed by atoms with Gasteiger partial charge < -0.3 is 15.7 Å². The van der Waals surface area contributed by atoms with Gasteiger partial charge in [0.25, 0.3) is 0 Å². The van der Waals surface area contributed by atoms with E-state index in [1.165, 1.54) is 6.07 Å². The Balaban J connectivity index is 1.89. The molecule has 0 saturated heterocycles. The van der Waals surface area contributed by atoms with Crippen LogP contribution in [-0.4, -0.2) is 17.7 Å². The summed E-state index contributed by atoms with van der Waals surface area (Å²) in [7, 11) is 0. The number of urea groups is 1. The van der Waals surface area contributed by atoms with Crippen LogP contribution in [0.4, 0.5) is 14.9 Å². The first-order valence-electron chi connectivity index (χ1n) is 7.01. The van der Waals surface area contributed by atoms with E-state index in [0.29, 0.717) is 5.56 Å². The third-order valence-corrected chi connectivity index (χ3v) is 3.29. The largest absolute Gasteiger partial charge is 0.387 e. The highest BCUT2D eigenvalue weighted by atomic mass is 19.1. The van der Waals surface area contributed by atoms with Gasteiger partial charge in [0.2, 0.25) is 0 Å². The Kier molecular flexibility index (Phi) is 5.12. The zero-order valence-electron chi connectivity index (χ0n) is 12.6. The minimum absolute atomic E-state index is 0.0440. The van der Waals surface area contributed by atoms with Crippen LogP contribution in [0.5, 0.6) is 0 Å². The lowest BCUT2D eigenvalue weighted by Crippen LogP contribution is -2.32. The summed E-state index contributed by atoms with van der Waals surface area (Å²) in [6.07, 6.45) is -0.811. The zero-order valence-corrected chi connectivity index (χ0v) is 12.6. The summed E-state index contributed by atoms with van der Waals surface area (Å²) in [5.74, 6) is -0.500. The van der Waals surface area contributed by atoms with Crippen LogP contribution in [0.1, 0.15) is 22.8 Å². The van der Waals surface area contributed by atoms with Crippen LogP contribution in [0.15, 0.2) is 42.5 Å². The normalized spacial score (nSPS) is 11.8. The summed E-state index contributed by atoms with van der Waals surface area (Å²) >= 11 is 0. The molecule has 0 fully saturated rings. The number of aliphatic hydroxyl groups is 1. The van der Waals surface area contributed by atoms with Crippen molar-refractivity contribution in [2.45, 2.75) is 20.0 Å². The maximum Gasteiger partial charge on any atom is 0.319 e. The third-order valence-electron chi connectivity index (χ3n) is 3.29. The third kappa shape index (κ3) is 4.30. The standard InChI is InChI=1S/C17H19FN2O2/c1-11-3-6-13(7-4-11)16(21)10-19-17(22)20-15-9-12(2)5-8-14(15)18/h3-9,16,21H,10H2,1-2H3,(H2,19,20,22)/t16-/m0/s1. The van der Waals surface area contributed by atoms with Crippen LogP contribution in [0.25, 0.3) is 0 Å². The van der Waals surface area contributed by atoms with Crippen molar-refractivity contribution in [3.8, 4) is 0 Å². The summed E-state index contributed by atoms with van der Waals surface area (Å²) in [5.41, 5.74) is 2.77. The molecule has 2 aromatic rings. The van der Waals surface area contributed by atoms with E-state index in [-0.39, 0.29) is 12.2 Å². The molecule has 0 aliphatic heterocycles. The highest BCUT2D eigenvalue weighted by Gasteiger charge is 2.11. The van der Waals surface area contributed by atoms with E-state index in [0.717, 1.165) is 11.1 Å². The van der Waals surface area contributed by atoms with Crippen molar-refractivity contribution in [2.75, 3.05) is 11.9 Å². The molecule has 2 aromatic carbocycles. The lowest BCUT2D eigenvalue weighted by molar-refractivity contribution is 0.175. The second kappa shape index (κ2) is 7.04. The molecule has 5 heteroatoms. The van der Waals surface area contributed by atoms with Gasteiger partial charge in [-0.25, -0.2) is 9.18 Å². The van der Waals surface area contributed by atoms with E-state index in [1.54, 1.807) is 24.3 Å². The summed E-state index contributed by atoms with van der Waals surface area (Å²) in [6, 6.07) is 11.3. The van der Waals surface area contributed by atoms with Crippen molar-refractivity contribution in [2.24, 2.45) is 0 Å². The SMILES string of the molecule is Cc1ccc([C@@H](O)CNC(=O)Nc2cc(C)ccc2F)cc1. The quantitative estimate of drug-likeness (QED) is 0.811. The number of rotatable bonds is 4. The molecule has 0 aliphatic carbocycles. The van der Waals surface area contributed by atoms with Crippen LogP contribution in [0, 0.1) is 19.7 Å². The molecular weight excluding hydrogens is 283 g/mol. The summed E-state index contributed by atoms with van der Waals surface area (Å²) in [5, 5.41) is 15.0. The van der Waals surface area contributed by atoms with Gasteiger partial charge in [0.05, 0.1) is 11.8 Å². The number of halogens is 1. The van der Waals surface area contributed by atoms with E-state index in [4.69, 9.17) is 0 Å². The van der Waals surface area contributed by atoms with Crippen molar-refractivity contribution < 1.29 is 14.3 Å². The number of carbonyl (C=O) groups is 1. The highest BCUT2D eigenvalue weighted by Crippen LogP contribution is 2.16. The Bertz CT molecular complexity index is 656. The molecule has 4 nitrogen and oxygen atoms in total. The lowest BCUT2D eigenvalue weighted by Gasteiger charge is -2.13. The van der Waals surface area contributed by atoms with Gasteiger partial charge >= 0.3 is 6.03 Å². The monoisotopic (exact) mass is 302 g/mol. The van der Waals surface area contributed by atoms with Crippen LogP contribution in [0.2, 0.25) is 0 Å². The molecule has 0 saturated carbocycles. The molecule has 2 rings (SSSR count). The molecule has 0 aromatic heterocycles. The first kappa shape index (κ1) is 16.0. The second-order valence-electron chi connectivity index (χ2n) is 5.24. The lowest BCUT2D eigenvalue weighted by atomic mass is 10.1. The summed E-state index contributed by atoms with van der Waals surface area (Å²) in [6.45, 7) is 3.81. The van der Waals surface area contributed by atoms with Crippen LogP contribution in [-0.2, 0) is 0 Å². The van der Waals surface area contributed by atoms with Gasteiger partial charge in [-0.3, -0.25) is 0 Å². The molecule has 0 aliphatic rings. The number of hydrogen-bond donors (Lipinski definition) is 3.